The Labute approximate surface area is 189 Å². The van der Waals surface area contributed by atoms with Gasteiger partial charge >= 0.3 is 0 Å². The fourth-order valence-corrected chi connectivity index (χ4v) is 5.51. The first-order chi connectivity index (χ1) is 14.7. The van der Waals surface area contributed by atoms with E-state index in [1.807, 2.05) is 54.6 Å². The van der Waals surface area contributed by atoms with Crippen molar-refractivity contribution in [1.82, 2.24) is 4.90 Å². The molecule has 0 unspecified atom stereocenters. The lowest BCUT2D eigenvalue weighted by atomic mass is 9.93. The van der Waals surface area contributed by atoms with E-state index in [4.69, 9.17) is 0 Å². The third-order valence-corrected chi connectivity index (χ3v) is 7.10. The van der Waals surface area contributed by atoms with E-state index < -0.39 is 27.7 Å². The summed E-state index contributed by atoms with van der Waals surface area (Å²) in [6.45, 7) is 0.863. The number of likely N-dealkylation sites (tertiary alicyclic amines) is 1. The first kappa shape index (κ1) is 21.9. The molecule has 0 saturated carbocycles. The van der Waals surface area contributed by atoms with E-state index in [0.29, 0.717) is 13.1 Å². The summed E-state index contributed by atoms with van der Waals surface area (Å²) in [5.41, 5.74) is 2.17. The van der Waals surface area contributed by atoms with E-state index in [2.05, 4.69) is 20.8 Å². The van der Waals surface area contributed by atoms with Crippen molar-refractivity contribution in [2.24, 2.45) is 0 Å². The second kappa shape index (κ2) is 8.68. The number of anilines is 1. The van der Waals surface area contributed by atoms with Crippen LogP contribution in [0.2, 0.25) is 0 Å². The zero-order valence-electron chi connectivity index (χ0n) is 16.8. The fourth-order valence-electron chi connectivity index (χ4n) is 4.08. The minimum atomic E-state index is -3.73. The van der Waals surface area contributed by atoms with E-state index in [-0.39, 0.29) is 11.7 Å². The summed E-state index contributed by atoms with van der Waals surface area (Å²) < 4.78 is 54.6. The molecule has 3 aromatic rings. The quantitative estimate of drug-likeness (QED) is 0.474. The van der Waals surface area contributed by atoms with E-state index in [9.17, 15) is 17.2 Å². The molecule has 0 spiro atoms. The number of hydrogen-bond acceptors (Lipinski definition) is 3. The number of rotatable bonds is 6. The van der Waals surface area contributed by atoms with Gasteiger partial charge in [-0.2, -0.15) is 0 Å². The Morgan fingerprint density at radius 2 is 1.48 bits per heavy atom. The van der Waals surface area contributed by atoms with Crippen LogP contribution in [-0.2, 0) is 10.0 Å². The second-order valence-corrected chi connectivity index (χ2v) is 10.4. The third-order valence-electron chi connectivity index (χ3n) is 5.35. The normalized spacial score (nSPS) is 16.0. The van der Waals surface area contributed by atoms with Crippen LogP contribution >= 0.6 is 15.9 Å². The van der Waals surface area contributed by atoms with Gasteiger partial charge in [0.1, 0.15) is 11.6 Å². The van der Waals surface area contributed by atoms with Crippen LogP contribution in [0.4, 0.5) is 14.5 Å². The van der Waals surface area contributed by atoms with Crippen molar-refractivity contribution in [2.45, 2.75) is 12.1 Å². The number of benzene rings is 3. The maximum atomic E-state index is 13.8. The van der Waals surface area contributed by atoms with Crippen LogP contribution in [0.3, 0.4) is 0 Å². The lowest BCUT2D eigenvalue weighted by Gasteiger charge is -2.48. The molecule has 1 aliphatic heterocycles. The summed E-state index contributed by atoms with van der Waals surface area (Å²) in [7, 11) is -3.73. The SMILES string of the molecule is CS(=O)(=O)N(c1cc(F)cc(F)c1)C1CN([C@H](c2ccccc2)c2ccc(Br)cc2)C1. The Hall–Kier alpha value is -2.29. The largest absolute Gasteiger partial charge is 0.288 e. The predicted octanol–water partition coefficient (Wildman–Crippen LogP) is 4.97. The summed E-state index contributed by atoms with van der Waals surface area (Å²) in [5, 5.41) is 0. The number of sulfonamides is 1. The Balaban J connectivity index is 1.64. The van der Waals surface area contributed by atoms with Crippen LogP contribution in [0.1, 0.15) is 17.2 Å². The zero-order chi connectivity index (χ0) is 22.2. The van der Waals surface area contributed by atoms with E-state index in [1.54, 1.807) is 0 Å². The summed E-state index contributed by atoms with van der Waals surface area (Å²) in [6, 6.07) is 20.3. The average Bonchev–Trinajstić information content (AvgIpc) is 2.66. The minimum absolute atomic E-state index is 0.00422. The topological polar surface area (TPSA) is 40.6 Å². The summed E-state index contributed by atoms with van der Waals surface area (Å²) in [6.07, 6.45) is 1.06. The van der Waals surface area contributed by atoms with Crippen molar-refractivity contribution in [3.05, 3.63) is 100 Å². The highest BCUT2D eigenvalue weighted by atomic mass is 79.9. The molecule has 8 heteroatoms. The molecule has 31 heavy (non-hydrogen) atoms. The molecular formula is C23H21BrF2N2O2S. The first-order valence-electron chi connectivity index (χ1n) is 9.72. The van der Waals surface area contributed by atoms with Gasteiger partial charge in [0.2, 0.25) is 10.0 Å². The highest BCUT2D eigenvalue weighted by Gasteiger charge is 2.40. The number of halogens is 3. The maximum Gasteiger partial charge on any atom is 0.232 e. The van der Waals surface area contributed by atoms with Gasteiger partial charge in [-0.3, -0.25) is 9.21 Å². The van der Waals surface area contributed by atoms with Crippen LogP contribution in [0.25, 0.3) is 0 Å². The molecule has 0 radical (unpaired) electrons. The predicted molar refractivity (Wildman–Crippen MR) is 121 cm³/mol. The molecule has 0 N–H and O–H groups in total. The molecule has 0 amide bonds. The Kier molecular flexibility index (Phi) is 6.14. The number of nitrogens with zero attached hydrogens (tertiary/aromatic N) is 2. The summed E-state index contributed by atoms with van der Waals surface area (Å²) in [5.74, 6) is -1.62. The molecule has 4 rings (SSSR count). The van der Waals surface area contributed by atoms with Crippen molar-refractivity contribution in [2.75, 3.05) is 23.7 Å². The first-order valence-corrected chi connectivity index (χ1v) is 12.4. The van der Waals surface area contributed by atoms with Gasteiger partial charge in [-0.05, 0) is 35.4 Å². The van der Waals surface area contributed by atoms with Gasteiger partial charge in [-0.25, -0.2) is 17.2 Å². The van der Waals surface area contributed by atoms with Gasteiger partial charge in [0.15, 0.2) is 0 Å². The zero-order valence-corrected chi connectivity index (χ0v) is 19.2. The van der Waals surface area contributed by atoms with Crippen LogP contribution in [0.15, 0.2) is 77.3 Å². The molecular weight excluding hydrogens is 486 g/mol. The molecule has 0 aliphatic carbocycles. The van der Waals surface area contributed by atoms with Gasteiger partial charge in [0.05, 0.1) is 24.0 Å². The van der Waals surface area contributed by atoms with Gasteiger partial charge in [0.25, 0.3) is 0 Å². The van der Waals surface area contributed by atoms with Crippen molar-refractivity contribution in [3.8, 4) is 0 Å². The lowest BCUT2D eigenvalue weighted by molar-refractivity contribution is 0.116. The van der Waals surface area contributed by atoms with E-state index >= 15 is 0 Å². The van der Waals surface area contributed by atoms with Crippen molar-refractivity contribution < 1.29 is 17.2 Å². The molecule has 1 heterocycles. The maximum absolute atomic E-state index is 13.8. The Bertz CT molecular complexity index is 1150. The number of hydrogen-bond donors (Lipinski definition) is 0. The Morgan fingerprint density at radius 1 is 0.935 bits per heavy atom. The third kappa shape index (κ3) is 4.81. The molecule has 1 fully saturated rings. The van der Waals surface area contributed by atoms with Crippen molar-refractivity contribution in [1.29, 1.82) is 0 Å². The molecule has 162 valence electrons. The van der Waals surface area contributed by atoms with Crippen LogP contribution in [-0.4, -0.2) is 38.7 Å². The highest BCUT2D eigenvalue weighted by molar-refractivity contribution is 9.10. The van der Waals surface area contributed by atoms with E-state index in [0.717, 1.165) is 44.4 Å². The molecule has 1 aliphatic rings. The molecule has 0 aromatic heterocycles. The Morgan fingerprint density at radius 3 is 2.03 bits per heavy atom. The minimum Gasteiger partial charge on any atom is -0.288 e. The second-order valence-electron chi connectivity index (χ2n) is 7.66. The lowest BCUT2D eigenvalue weighted by Crippen LogP contribution is -2.61. The molecule has 0 bridgehead atoms. The van der Waals surface area contributed by atoms with Crippen molar-refractivity contribution in [3.63, 3.8) is 0 Å². The van der Waals surface area contributed by atoms with Gasteiger partial charge in [-0.1, -0.05) is 58.4 Å². The van der Waals surface area contributed by atoms with Crippen LogP contribution < -0.4 is 4.31 Å². The van der Waals surface area contributed by atoms with Gasteiger partial charge < -0.3 is 0 Å². The standard InChI is InChI=1S/C23H21BrF2N2O2S/c1-31(29,30)28(21-12-19(25)11-20(26)13-21)22-14-27(15-22)23(16-5-3-2-4-6-16)17-7-9-18(24)10-8-17/h2-13,22-23H,14-15H2,1H3/t23-/m1/s1. The van der Waals surface area contributed by atoms with Gasteiger partial charge in [0, 0.05) is 23.6 Å². The summed E-state index contributed by atoms with van der Waals surface area (Å²) >= 11 is 3.46. The van der Waals surface area contributed by atoms with Crippen molar-refractivity contribution >= 4 is 31.6 Å². The smallest absolute Gasteiger partial charge is 0.232 e. The molecule has 3 aromatic carbocycles. The van der Waals surface area contributed by atoms with Crippen LogP contribution in [0, 0.1) is 11.6 Å². The fraction of sp³-hybridized carbons (Fsp3) is 0.217. The van der Waals surface area contributed by atoms with Crippen LogP contribution in [0.5, 0.6) is 0 Å². The molecule has 1 atom stereocenters. The monoisotopic (exact) mass is 506 g/mol. The summed E-state index contributed by atoms with van der Waals surface area (Å²) in [4.78, 5) is 2.16. The molecule has 4 nitrogen and oxygen atoms in total. The molecule has 1 saturated heterocycles. The van der Waals surface area contributed by atoms with E-state index in [1.165, 1.54) is 0 Å². The average molecular weight is 507 g/mol. The highest BCUT2D eigenvalue weighted by Crippen LogP contribution is 2.36. The van der Waals surface area contributed by atoms with Gasteiger partial charge in [-0.15, -0.1) is 0 Å².